The lowest BCUT2D eigenvalue weighted by molar-refractivity contribution is -0.116. The van der Waals surface area contributed by atoms with Gasteiger partial charge in [0.25, 0.3) is 5.91 Å². The summed E-state index contributed by atoms with van der Waals surface area (Å²) >= 11 is 1.19. The first kappa shape index (κ1) is 21.8. The Labute approximate surface area is 174 Å². The smallest absolute Gasteiger partial charge is 0.264 e. The maximum absolute atomic E-state index is 13.8. The van der Waals surface area contributed by atoms with Gasteiger partial charge in [-0.15, -0.1) is 11.3 Å². The molecular formula is C21H18F4N2O2S. The summed E-state index contributed by atoms with van der Waals surface area (Å²) in [5, 5.41) is 2.78. The molecule has 0 unspecified atom stereocenters. The van der Waals surface area contributed by atoms with Crippen LogP contribution in [0.5, 0.6) is 0 Å². The van der Waals surface area contributed by atoms with E-state index in [-0.39, 0.29) is 6.54 Å². The molecule has 0 spiro atoms. The van der Waals surface area contributed by atoms with Crippen molar-refractivity contribution in [3.05, 3.63) is 64.0 Å². The zero-order valence-electron chi connectivity index (χ0n) is 16.2. The van der Waals surface area contributed by atoms with E-state index in [4.69, 9.17) is 0 Å². The van der Waals surface area contributed by atoms with Crippen molar-refractivity contribution in [1.82, 2.24) is 4.90 Å². The van der Waals surface area contributed by atoms with E-state index in [1.165, 1.54) is 28.4 Å². The molecule has 30 heavy (non-hydrogen) atoms. The second kappa shape index (κ2) is 8.83. The number of amides is 2. The van der Waals surface area contributed by atoms with Gasteiger partial charge in [-0.1, -0.05) is 6.92 Å². The second-order valence-corrected chi connectivity index (χ2v) is 7.75. The first-order valence-corrected chi connectivity index (χ1v) is 9.95. The number of carbonyl (C=O) groups is 2. The number of thiophene rings is 1. The molecule has 0 aliphatic heterocycles. The Kier molecular flexibility index (Phi) is 6.40. The molecule has 3 aromatic rings. The van der Waals surface area contributed by atoms with E-state index in [9.17, 15) is 27.2 Å². The molecule has 0 saturated heterocycles. The number of aryl methyl sites for hydroxylation is 1. The lowest BCUT2D eigenvalue weighted by Crippen LogP contribution is -2.38. The van der Waals surface area contributed by atoms with Gasteiger partial charge in [0.15, 0.2) is 17.5 Å². The molecule has 0 fully saturated rings. The van der Waals surface area contributed by atoms with Crippen molar-refractivity contribution in [3.63, 3.8) is 0 Å². The van der Waals surface area contributed by atoms with Crippen molar-refractivity contribution >= 4 is 38.9 Å². The summed E-state index contributed by atoms with van der Waals surface area (Å²) < 4.78 is 54.5. The highest BCUT2D eigenvalue weighted by molar-refractivity contribution is 7.21. The molecule has 0 bridgehead atoms. The second-order valence-electron chi connectivity index (χ2n) is 6.69. The van der Waals surface area contributed by atoms with Gasteiger partial charge in [-0.25, -0.2) is 17.6 Å². The average molecular weight is 438 g/mol. The number of nitrogens with zero attached hydrogens (tertiary/aromatic N) is 1. The third-order valence-electron chi connectivity index (χ3n) is 4.52. The number of carbonyl (C=O) groups excluding carboxylic acids is 2. The summed E-state index contributed by atoms with van der Waals surface area (Å²) in [5.41, 5.74) is 0.0870. The third kappa shape index (κ3) is 4.30. The van der Waals surface area contributed by atoms with Crippen LogP contribution >= 0.6 is 11.3 Å². The van der Waals surface area contributed by atoms with Crippen LogP contribution in [0.4, 0.5) is 23.2 Å². The summed E-state index contributed by atoms with van der Waals surface area (Å²) in [6.07, 6.45) is 0.553. The number of nitrogens with one attached hydrogen (secondary N) is 1. The van der Waals surface area contributed by atoms with E-state index in [1.54, 1.807) is 13.0 Å². The van der Waals surface area contributed by atoms with E-state index < -0.39 is 47.3 Å². The van der Waals surface area contributed by atoms with Crippen molar-refractivity contribution in [2.24, 2.45) is 0 Å². The van der Waals surface area contributed by atoms with Gasteiger partial charge in [-0.2, -0.15) is 0 Å². The molecule has 9 heteroatoms. The van der Waals surface area contributed by atoms with Crippen LogP contribution < -0.4 is 5.32 Å². The quantitative estimate of drug-likeness (QED) is 0.422. The standard InChI is InChI=1S/C21H18F4N2O2S/c1-3-8-27(10-17(28)26-15-6-5-14(23)18(24)19(15)25)21(29)20-11(2)13-9-12(22)4-7-16(13)30-20/h4-7,9H,3,8,10H2,1-2H3,(H,26,28). The van der Waals surface area contributed by atoms with Gasteiger partial charge in [0.1, 0.15) is 12.4 Å². The molecule has 0 radical (unpaired) electrons. The average Bonchev–Trinajstić information content (AvgIpc) is 3.03. The highest BCUT2D eigenvalue weighted by Crippen LogP contribution is 2.32. The lowest BCUT2D eigenvalue weighted by Gasteiger charge is -2.21. The van der Waals surface area contributed by atoms with Crippen molar-refractivity contribution in [1.29, 1.82) is 0 Å². The van der Waals surface area contributed by atoms with Crippen LogP contribution in [0.25, 0.3) is 10.1 Å². The van der Waals surface area contributed by atoms with Crippen LogP contribution in [0.3, 0.4) is 0 Å². The number of hydrogen-bond acceptors (Lipinski definition) is 3. The van der Waals surface area contributed by atoms with Crippen LogP contribution in [0.2, 0.25) is 0 Å². The van der Waals surface area contributed by atoms with Crippen molar-refractivity contribution in [2.45, 2.75) is 20.3 Å². The monoisotopic (exact) mass is 438 g/mol. The van der Waals surface area contributed by atoms with Crippen molar-refractivity contribution in [2.75, 3.05) is 18.4 Å². The lowest BCUT2D eigenvalue weighted by atomic mass is 10.1. The first-order chi connectivity index (χ1) is 14.2. The van der Waals surface area contributed by atoms with Gasteiger partial charge < -0.3 is 10.2 Å². The number of anilines is 1. The molecule has 1 N–H and O–H groups in total. The van der Waals surface area contributed by atoms with Crippen molar-refractivity contribution in [3.8, 4) is 0 Å². The predicted molar refractivity (Wildman–Crippen MR) is 108 cm³/mol. The van der Waals surface area contributed by atoms with E-state index in [0.29, 0.717) is 28.3 Å². The maximum atomic E-state index is 13.8. The van der Waals surface area contributed by atoms with Crippen LogP contribution in [-0.4, -0.2) is 29.8 Å². The van der Waals surface area contributed by atoms with E-state index in [1.807, 2.05) is 6.92 Å². The number of benzene rings is 2. The Morgan fingerprint density at radius 2 is 1.80 bits per heavy atom. The predicted octanol–water partition coefficient (Wildman–Crippen LogP) is 5.26. The summed E-state index contributed by atoms with van der Waals surface area (Å²) in [7, 11) is 0. The highest BCUT2D eigenvalue weighted by Gasteiger charge is 2.24. The number of rotatable bonds is 6. The van der Waals surface area contributed by atoms with Crippen molar-refractivity contribution < 1.29 is 27.2 Å². The highest BCUT2D eigenvalue weighted by atomic mass is 32.1. The van der Waals surface area contributed by atoms with Crippen LogP contribution in [0.1, 0.15) is 28.6 Å². The maximum Gasteiger partial charge on any atom is 0.264 e. The third-order valence-corrected chi connectivity index (χ3v) is 5.78. The molecule has 1 heterocycles. The molecule has 0 atom stereocenters. The summed E-state index contributed by atoms with van der Waals surface area (Å²) in [6, 6.07) is 5.84. The zero-order valence-corrected chi connectivity index (χ0v) is 17.0. The fraction of sp³-hybridized carbons (Fsp3) is 0.238. The fourth-order valence-electron chi connectivity index (χ4n) is 3.05. The SMILES string of the molecule is CCCN(CC(=O)Nc1ccc(F)c(F)c1F)C(=O)c1sc2ccc(F)cc2c1C. The van der Waals surface area contributed by atoms with Gasteiger partial charge in [0.05, 0.1) is 10.6 Å². The minimum Gasteiger partial charge on any atom is -0.329 e. The summed E-state index contributed by atoms with van der Waals surface area (Å²) in [6.45, 7) is 3.36. The first-order valence-electron chi connectivity index (χ1n) is 9.14. The molecular weight excluding hydrogens is 420 g/mol. The molecule has 1 aromatic heterocycles. The molecule has 0 saturated carbocycles. The van der Waals surface area contributed by atoms with Gasteiger partial charge in [-0.3, -0.25) is 9.59 Å². The van der Waals surface area contributed by atoms with Gasteiger partial charge in [-0.05, 0) is 54.6 Å². The molecule has 3 rings (SSSR count). The molecule has 0 aliphatic rings. The van der Waals surface area contributed by atoms with E-state index in [0.717, 1.165) is 10.8 Å². The van der Waals surface area contributed by atoms with Crippen LogP contribution in [0, 0.1) is 30.2 Å². The largest absolute Gasteiger partial charge is 0.329 e. The Balaban J connectivity index is 1.82. The summed E-state index contributed by atoms with van der Waals surface area (Å²) in [5.74, 6) is -6.17. The van der Waals surface area contributed by atoms with Crippen LogP contribution in [-0.2, 0) is 4.79 Å². The Morgan fingerprint density at radius 3 is 2.50 bits per heavy atom. The zero-order chi connectivity index (χ0) is 22.0. The Morgan fingerprint density at radius 1 is 1.07 bits per heavy atom. The number of fused-ring (bicyclic) bond motifs is 1. The molecule has 2 amide bonds. The summed E-state index contributed by atoms with van der Waals surface area (Å²) in [4.78, 5) is 27.0. The molecule has 2 aromatic carbocycles. The van der Waals surface area contributed by atoms with Gasteiger partial charge in [0, 0.05) is 11.2 Å². The minimum atomic E-state index is -1.69. The number of halogens is 4. The topological polar surface area (TPSA) is 49.4 Å². The molecule has 0 aliphatic carbocycles. The van der Waals surface area contributed by atoms with Crippen LogP contribution in [0.15, 0.2) is 30.3 Å². The number of hydrogen-bond donors (Lipinski definition) is 1. The minimum absolute atomic E-state index is 0.245. The van der Waals surface area contributed by atoms with Gasteiger partial charge in [0.2, 0.25) is 5.91 Å². The Hall–Kier alpha value is -2.94. The molecule has 4 nitrogen and oxygen atoms in total. The van der Waals surface area contributed by atoms with Gasteiger partial charge >= 0.3 is 0 Å². The molecule has 158 valence electrons. The van der Waals surface area contributed by atoms with E-state index in [2.05, 4.69) is 5.32 Å². The Bertz CT molecular complexity index is 1130. The normalized spacial score (nSPS) is 11.0. The fourth-order valence-corrected chi connectivity index (χ4v) is 4.21. The van der Waals surface area contributed by atoms with E-state index >= 15 is 0 Å².